The minimum atomic E-state index is -4.60. The third-order valence-corrected chi connectivity index (χ3v) is 28.5. The van der Waals surface area contributed by atoms with E-state index in [0.29, 0.717) is 18.4 Å². The molecule has 0 atom stereocenters. The van der Waals surface area contributed by atoms with E-state index >= 15 is 0 Å². The van der Waals surface area contributed by atoms with Crippen molar-refractivity contribution >= 4 is 0 Å². The SMILES string of the molecule is FC(F)(F)C1=[C]([Zr]([C]2=C(C(F)(F)F)C=CC2)([C]23CCC(CC2)C3)[C]23CCC(CC2)C3)CC=C1. The molecule has 0 nitrogen and oxygen atoms in total. The van der Waals surface area contributed by atoms with Crippen LogP contribution >= 0.6 is 0 Å². The van der Waals surface area contributed by atoms with Crippen LogP contribution in [0.1, 0.15) is 77.0 Å². The second-order valence-corrected chi connectivity index (χ2v) is 23.5. The number of allylic oxidation sites excluding steroid dienone is 8. The van der Waals surface area contributed by atoms with Crippen molar-refractivity contribution in [3.8, 4) is 0 Å². The fourth-order valence-electron chi connectivity index (χ4n) is 9.71. The van der Waals surface area contributed by atoms with E-state index in [0.717, 1.165) is 64.2 Å². The number of fused-ring (bicyclic) bond motifs is 4. The second-order valence-electron chi connectivity index (χ2n) is 11.6. The zero-order valence-electron chi connectivity index (χ0n) is 18.7. The summed E-state index contributed by atoms with van der Waals surface area (Å²) in [5.74, 6) is 0.981. The van der Waals surface area contributed by atoms with E-state index in [-0.39, 0.29) is 19.1 Å². The Bertz CT molecular complexity index is 895. The number of hydrogen-bond donors (Lipinski definition) is 0. The van der Waals surface area contributed by atoms with Gasteiger partial charge >= 0.3 is 196 Å². The van der Waals surface area contributed by atoms with Crippen molar-refractivity contribution < 1.29 is 46.6 Å². The number of alkyl halides is 6. The van der Waals surface area contributed by atoms with Gasteiger partial charge in [0, 0.05) is 0 Å². The van der Waals surface area contributed by atoms with Crippen LogP contribution in [0, 0.1) is 11.8 Å². The molecule has 7 heteroatoms. The van der Waals surface area contributed by atoms with Gasteiger partial charge < -0.3 is 0 Å². The van der Waals surface area contributed by atoms with Gasteiger partial charge in [-0.05, 0) is 0 Å². The first-order valence-electron chi connectivity index (χ1n) is 12.5. The molecule has 0 aromatic rings. The number of hydrogen-bond acceptors (Lipinski definition) is 0. The van der Waals surface area contributed by atoms with Crippen molar-refractivity contribution in [2.45, 2.75) is 95.6 Å². The molecule has 0 heterocycles. The first-order valence-corrected chi connectivity index (χ1v) is 17.4. The van der Waals surface area contributed by atoms with Crippen LogP contribution in [0.15, 0.2) is 42.0 Å². The summed E-state index contributed by atoms with van der Waals surface area (Å²) in [4.78, 5) is 0. The molecular formula is C26H30F6Zr. The molecule has 6 rings (SSSR count). The molecule has 0 aromatic carbocycles. The standard InChI is InChI=1S/2C7H11.2C6H4F3.Zr/c2*1-2-7-4-3-6(1)5-7;2*7-6(8,9)5-3-1-2-4-5;/h2*6H,1-5H2;2*1,3H,2H2;. The van der Waals surface area contributed by atoms with Crippen molar-refractivity contribution in [2.75, 3.05) is 0 Å². The number of halogens is 6. The zero-order valence-corrected chi connectivity index (χ0v) is 21.2. The minimum absolute atomic E-state index is 0.221. The van der Waals surface area contributed by atoms with Crippen LogP contribution in [0.3, 0.4) is 0 Å². The predicted octanol–water partition coefficient (Wildman–Crippen LogP) is 9.20. The van der Waals surface area contributed by atoms with Crippen molar-refractivity contribution in [2.24, 2.45) is 11.8 Å². The Morgan fingerprint density at radius 1 is 0.636 bits per heavy atom. The summed E-state index contributed by atoms with van der Waals surface area (Å²) >= 11 is -4.60. The van der Waals surface area contributed by atoms with Crippen molar-refractivity contribution in [3.63, 3.8) is 0 Å². The molecule has 6 aliphatic rings. The van der Waals surface area contributed by atoms with Gasteiger partial charge in [-0.25, -0.2) is 0 Å². The summed E-state index contributed by atoms with van der Waals surface area (Å²) in [6, 6.07) is 0. The summed E-state index contributed by atoms with van der Waals surface area (Å²) in [6.45, 7) is 0. The van der Waals surface area contributed by atoms with E-state index in [9.17, 15) is 26.3 Å². The Balaban J connectivity index is 1.72. The average Bonchev–Trinajstić information content (AvgIpc) is 3.58. The normalized spacial score (nSPS) is 38.1. The molecule has 6 aliphatic carbocycles. The molecule has 4 fully saturated rings. The molecule has 0 amide bonds. The molecule has 0 spiro atoms. The van der Waals surface area contributed by atoms with Gasteiger partial charge in [-0.15, -0.1) is 0 Å². The Hall–Kier alpha value is -0.577. The Labute approximate surface area is 195 Å². The number of rotatable bonds is 4. The summed E-state index contributed by atoms with van der Waals surface area (Å²) in [6.07, 6.45) is 6.18. The predicted molar refractivity (Wildman–Crippen MR) is 112 cm³/mol. The van der Waals surface area contributed by atoms with Gasteiger partial charge in [0.2, 0.25) is 0 Å². The van der Waals surface area contributed by atoms with E-state index in [1.807, 2.05) is 0 Å². The van der Waals surface area contributed by atoms with Crippen LogP contribution < -0.4 is 0 Å². The van der Waals surface area contributed by atoms with Gasteiger partial charge in [0.05, 0.1) is 0 Å². The van der Waals surface area contributed by atoms with Crippen LogP contribution in [0.4, 0.5) is 26.3 Å². The van der Waals surface area contributed by atoms with Crippen molar-refractivity contribution in [1.29, 1.82) is 0 Å². The van der Waals surface area contributed by atoms with E-state index in [1.54, 1.807) is 12.2 Å². The quantitative estimate of drug-likeness (QED) is 0.308. The van der Waals surface area contributed by atoms with Crippen LogP contribution in [-0.4, -0.2) is 12.4 Å². The molecule has 0 radical (unpaired) electrons. The average molecular weight is 548 g/mol. The van der Waals surface area contributed by atoms with E-state index in [4.69, 9.17) is 0 Å². The van der Waals surface area contributed by atoms with Gasteiger partial charge in [0.1, 0.15) is 0 Å². The molecule has 0 unspecified atom stereocenters. The van der Waals surface area contributed by atoms with Crippen LogP contribution in [0.2, 0.25) is 6.25 Å². The maximum atomic E-state index is 14.5. The topological polar surface area (TPSA) is 0 Å². The van der Waals surface area contributed by atoms with E-state index in [1.165, 1.54) is 12.2 Å². The van der Waals surface area contributed by atoms with Crippen molar-refractivity contribution in [1.82, 2.24) is 0 Å². The molecule has 0 aliphatic heterocycles. The van der Waals surface area contributed by atoms with E-state index in [2.05, 4.69) is 0 Å². The molecule has 4 saturated carbocycles. The third kappa shape index (κ3) is 2.99. The van der Waals surface area contributed by atoms with Gasteiger partial charge in [0.25, 0.3) is 0 Å². The van der Waals surface area contributed by atoms with Crippen LogP contribution in [0.5, 0.6) is 0 Å². The molecule has 180 valence electrons. The van der Waals surface area contributed by atoms with E-state index < -0.39 is 43.8 Å². The van der Waals surface area contributed by atoms with Gasteiger partial charge in [-0.2, -0.15) is 0 Å². The molecular weight excluding hydrogens is 517 g/mol. The summed E-state index contributed by atoms with van der Waals surface area (Å²) in [5.41, 5.74) is -1.12. The van der Waals surface area contributed by atoms with Crippen LogP contribution in [-0.2, 0) is 20.3 Å². The summed E-state index contributed by atoms with van der Waals surface area (Å²) < 4.78 is 87.3. The monoisotopic (exact) mass is 546 g/mol. The molecule has 0 aromatic heterocycles. The molecule has 0 saturated heterocycles. The third-order valence-electron chi connectivity index (χ3n) is 10.5. The van der Waals surface area contributed by atoms with Crippen LogP contribution in [0.25, 0.3) is 0 Å². The van der Waals surface area contributed by atoms with Gasteiger partial charge in [-0.1, -0.05) is 0 Å². The fraction of sp³-hybridized carbons (Fsp3) is 0.692. The van der Waals surface area contributed by atoms with Gasteiger partial charge in [-0.3, -0.25) is 0 Å². The Morgan fingerprint density at radius 3 is 1.27 bits per heavy atom. The van der Waals surface area contributed by atoms with Gasteiger partial charge in [0.15, 0.2) is 0 Å². The van der Waals surface area contributed by atoms with Crippen molar-refractivity contribution in [3.05, 3.63) is 42.0 Å². The molecule has 4 bridgehead atoms. The molecule has 0 N–H and O–H groups in total. The summed E-state index contributed by atoms with van der Waals surface area (Å²) in [5, 5.41) is 0. The molecule has 33 heavy (non-hydrogen) atoms. The second kappa shape index (κ2) is 7.23. The summed E-state index contributed by atoms with van der Waals surface area (Å²) in [7, 11) is 0. The zero-order chi connectivity index (χ0) is 23.3. The fourth-order valence-corrected chi connectivity index (χ4v) is 32.9. The Kier molecular flexibility index (Phi) is 5.01. The first-order chi connectivity index (χ1) is 15.5. The first kappa shape index (κ1) is 22.9. The maximum absolute atomic E-state index is 14.5. The Morgan fingerprint density at radius 2 is 1.00 bits per heavy atom.